The van der Waals surface area contributed by atoms with E-state index in [1.807, 2.05) is 53.9 Å². The summed E-state index contributed by atoms with van der Waals surface area (Å²) >= 11 is 7.68. The van der Waals surface area contributed by atoms with Gasteiger partial charge < -0.3 is 0 Å². The second-order valence-electron chi connectivity index (χ2n) is 5.36. The molecule has 0 spiro atoms. The Bertz CT molecular complexity index is 1130. The predicted molar refractivity (Wildman–Crippen MR) is 103 cm³/mol. The van der Waals surface area contributed by atoms with Crippen molar-refractivity contribution < 1.29 is 0 Å². The zero-order valence-electron chi connectivity index (χ0n) is 13.0. The van der Waals surface area contributed by atoms with Gasteiger partial charge in [-0.25, -0.2) is 4.98 Å². The number of pyridine rings is 1. The first-order valence-corrected chi connectivity index (χ1v) is 8.82. The Labute approximate surface area is 152 Å². The minimum atomic E-state index is -0.132. The molecule has 6 heteroatoms. The van der Waals surface area contributed by atoms with Gasteiger partial charge in [0.05, 0.1) is 11.4 Å². The first-order chi connectivity index (χ1) is 12.2. The number of halogens is 1. The molecule has 0 atom stereocenters. The van der Waals surface area contributed by atoms with Crippen molar-refractivity contribution in [2.24, 2.45) is 0 Å². The second-order valence-corrected chi connectivity index (χ2v) is 6.60. The Hall–Kier alpha value is -2.76. The molecule has 0 unspecified atom stereocenters. The molecule has 4 rings (SSSR count). The van der Waals surface area contributed by atoms with Crippen LogP contribution in [0.1, 0.15) is 11.3 Å². The van der Waals surface area contributed by atoms with E-state index < -0.39 is 0 Å². The molecule has 3 heterocycles. The summed E-state index contributed by atoms with van der Waals surface area (Å²) < 4.78 is 1.59. The summed E-state index contributed by atoms with van der Waals surface area (Å²) in [5, 5.41) is 2.51. The lowest BCUT2D eigenvalue weighted by molar-refractivity contribution is 1.08. The number of fused-ring (bicyclic) bond motifs is 1. The highest BCUT2D eigenvalue weighted by molar-refractivity contribution is 7.15. The van der Waals surface area contributed by atoms with E-state index in [1.165, 1.54) is 17.4 Å². The van der Waals surface area contributed by atoms with Gasteiger partial charge in [-0.1, -0.05) is 41.9 Å². The van der Waals surface area contributed by atoms with Gasteiger partial charge >= 0.3 is 0 Å². The number of thiazole rings is 1. The van der Waals surface area contributed by atoms with Crippen LogP contribution in [-0.4, -0.2) is 14.4 Å². The summed E-state index contributed by atoms with van der Waals surface area (Å²) in [4.78, 5) is 21.9. The maximum absolute atomic E-state index is 12.6. The van der Waals surface area contributed by atoms with E-state index in [4.69, 9.17) is 11.6 Å². The number of hydrogen-bond donors (Lipinski definition) is 0. The Morgan fingerprint density at radius 1 is 1.12 bits per heavy atom. The van der Waals surface area contributed by atoms with Crippen LogP contribution >= 0.6 is 22.9 Å². The molecule has 0 aliphatic heterocycles. The van der Waals surface area contributed by atoms with Crippen molar-refractivity contribution in [3.63, 3.8) is 0 Å². The molecule has 0 bridgehead atoms. The molecule has 4 aromatic rings. The Balaban J connectivity index is 1.79. The second kappa shape index (κ2) is 6.63. The zero-order valence-corrected chi connectivity index (χ0v) is 14.5. The molecule has 0 fully saturated rings. The highest BCUT2D eigenvalue weighted by Gasteiger charge is 2.12. The molecule has 122 valence electrons. The van der Waals surface area contributed by atoms with Gasteiger partial charge in [0.2, 0.25) is 0 Å². The van der Waals surface area contributed by atoms with E-state index in [0.29, 0.717) is 15.7 Å². The molecule has 4 nitrogen and oxygen atoms in total. The molecule has 25 heavy (non-hydrogen) atoms. The monoisotopic (exact) mass is 365 g/mol. The summed E-state index contributed by atoms with van der Waals surface area (Å²) in [5.41, 5.74) is 3.00. The summed E-state index contributed by atoms with van der Waals surface area (Å²) in [6.45, 7) is 0. The average molecular weight is 366 g/mol. The number of rotatable bonds is 3. The van der Waals surface area contributed by atoms with Crippen molar-refractivity contribution >= 4 is 40.1 Å². The summed E-state index contributed by atoms with van der Waals surface area (Å²) in [5.74, 6) is 0. The van der Waals surface area contributed by atoms with Crippen molar-refractivity contribution in [1.29, 1.82) is 0 Å². The van der Waals surface area contributed by atoms with Gasteiger partial charge in [0.15, 0.2) is 4.96 Å². The van der Waals surface area contributed by atoms with Crippen LogP contribution < -0.4 is 5.56 Å². The van der Waals surface area contributed by atoms with Crippen LogP contribution in [0.3, 0.4) is 0 Å². The van der Waals surface area contributed by atoms with Crippen molar-refractivity contribution in [3.05, 3.63) is 86.9 Å². The quantitative estimate of drug-likeness (QED) is 0.531. The lowest BCUT2D eigenvalue weighted by atomic mass is 10.2. The van der Waals surface area contributed by atoms with Crippen LogP contribution in [0.4, 0.5) is 0 Å². The van der Waals surface area contributed by atoms with Crippen molar-refractivity contribution in [2.45, 2.75) is 0 Å². The SMILES string of the molecule is O=c1cc(C=Cc2cccnc2)nc2scc(-c3ccccc3Cl)n12. The molecule has 0 saturated carbocycles. The van der Waals surface area contributed by atoms with E-state index in [-0.39, 0.29) is 5.56 Å². The summed E-state index contributed by atoms with van der Waals surface area (Å²) in [6.07, 6.45) is 7.17. The fourth-order valence-corrected chi connectivity index (χ4v) is 3.67. The molecular formula is C19H12ClN3OS. The van der Waals surface area contributed by atoms with Crippen LogP contribution in [-0.2, 0) is 0 Å². The Morgan fingerprint density at radius 3 is 2.80 bits per heavy atom. The molecule has 0 aliphatic rings. The molecule has 1 aromatic carbocycles. The third-order valence-electron chi connectivity index (χ3n) is 3.71. The maximum Gasteiger partial charge on any atom is 0.259 e. The topological polar surface area (TPSA) is 47.3 Å². The summed E-state index contributed by atoms with van der Waals surface area (Å²) in [6, 6.07) is 12.8. The zero-order chi connectivity index (χ0) is 17.2. The lowest BCUT2D eigenvalue weighted by Gasteiger charge is -2.04. The number of nitrogens with zero attached hydrogens (tertiary/aromatic N) is 3. The fourth-order valence-electron chi connectivity index (χ4n) is 2.53. The van der Waals surface area contributed by atoms with E-state index in [1.54, 1.807) is 16.8 Å². The van der Waals surface area contributed by atoms with Crippen LogP contribution in [0.25, 0.3) is 28.4 Å². The molecule has 0 N–H and O–H groups in total. The number of hydrogen-bond acceptors (Lipinski definition) is 4. The highest BCUT2D eigenvalue weighted by atomic mass is 35.5. The van der Waals surface area contributed by atoms with E-state index >= 15 is 0 Å². The van der Waals surface area contributed by atoms with E-state index in [2.05, 4.69) is 9.97 Å². The largest absolute Gasteiger partial charge is 0.269 e. The molecule has 0 radical (unpaired) electrons. The van der Waals surface area contributed by atoms with Crippen molar-refractivity contribution in [3.8, 4) is 11.3 Å². The molecule has 0 aliphatic carbocycles. The van der Waals surface area contributed by atoms with E-state index in [0.717, 1.165) is 16.8 Å². The van der Waals surface area contributed by atoms with Crippen LogP contribution in [0.2, 0.25) is 5.02 Å². The standard InChI is InChI=1S/C19H12ClN3OS/c20-16-6-2-1-5-15(16)17-12-25-19-22-14(10-18(24)23(17)19)8-7-13-4-3-9-21-11-13/h1-12H. The first-order valence-electron chi connectivity index (χ1n) is 7.57. The molecule has 3 aromatic heterocycles. The Kier molecular flexibility index (Phi) is 4.17. The summed E-state index contributed by atoms with van der Waals surface area (Å²) in [7, 11) is 0. The van der Waals surface area contributed by atoms with Crippen molar-refractivity contribution in [1.82, 2.24) is 14.4 Å². The van der Waals surface area contributed by atoms with Gasteiger partial charge in [-0.15, -0.1) is 11.3 Å². The highest BCUT2D eigenvalue weighted by Crippen LogP contribution is 2.30. The number of aromatic nitrogens is 3. The van der Waals surface area contributed by atoms with Gasteiger partial charge in [0.25, 0.3) is 5.56 Å². The third kappa shape index (κ3) is 3.12. The van der Waals surface area contributed by atoms with Crippen LogP contribution in [0.5, 0.6) is 0 Å². The van der Waals surface area contributed by atoms with Crippen molar-refractivity contribution in [2.75, 3.05) is 0 Å². The Morgan fingerprint density at radius 2 is 2.00 bits per heavy atom. The molecular weight excluding hydrogens is 354 g/mol. The van der Waals surface area contributed by atoms with Gasteiger partial charge in [-0.2, -0.15) is 0 Å². The minimum absolute atomic E-state index is 0.132. The van der Waals surface area contributed by atoms with Gasteiger partial charge in [0, 0.05) is 34.4 Å². The van der Waals surface area contributed by atoms with Crippen LogP contribution in [0, 0.1) is 0 Å². The van der Waals surface area contributed by atoms with Gasteiger partial charge in [0.1, 0.15) is 0 Å². The molecule has 0 saturated heterocycles. The number of benzene rings is 1. The maximum atomic E-state index is 12.6. The van der Waals surface area contributed by atoms with Gasteiger partial charge in [-0.05, 0) is 23.8 Å². The first kappa shape index (κ1) is 15.7. The lowest BCUT2D eigenvalue weighted by Crippen LogP contribution is -2.13. The normalized spacial score (nSPS) is 11.4. The predicted octanol–water partition coefficient (Wildman–Crippen LogP) is 4.64. The fraction of sp³-hybridized carbons (Fsp3) is 0. The third-order valence-corrected chi connectivity index (χ3v) is 4.86. The minimum Gasteiger partial charge on any atom is -0.269 e. The molecule has 0 amide bonds. The van der Waals surface area contributed by atoms with E-state index in [9.17, 15) is 4.79 Å². The average Bonchev–Trinajstić information content (AvgIpc) is 3.06. The van der Waals surface area contributed by atoms with Gasteiger partial charge in [-0.3, -0.25) is 14.2 Å². The van der Waals surface area contributed by atoms with Crippen LogP contribution in [0.15, 0.2) is 65.0 Å². The smallest absolute Gasteiger partial charge is 0.259 e.